The number of hydrogen-bond donors (Lipinski definition) is 2. The molecule has 3 rings (SSSR count). The van der Waals surface area contributed by atoms with E-state index in [1.165, 1.54) is 22.3 Å². The number of halogens is 1. The second kappa shape index (κ2) is 8.34. The van der Waals surface area contributed by atoms with E-state index in [2.05, 4.69) is 71.1 Å². The van der Waals surface area contributed by atoms with Crippen LogP contribution in [0.5, 0.6) is 0 Å². The van der Waals surface area contributed by atoms with Crippen LogP contribution in [-0.4, -0.2) is 19.6 Å². The Kier molecular flexibility index (Phi) is 6.45. The molecule has 2 aromatic rings. The first-order valence-corrected chi connectivity index (χ1v) is 7.84. The third-order valence-corrected chi connectivity index (χ3v) is 4.28. The Bertz CT molecular complexity index is 665. The Morgan fingerprint density at radius 2 is 1.83 bits per heavy atom. The maximum atomic E-state index is 4.30. The van der Waals surface area contributed by atoms with Gasteiger partial charge in [-0.3, -0.25) is 4.99 Å². The summed E-state index contributed by atoms with van der Waals surface area (Å²) < 4.78 is 0. The molecule has 0 bridgehead atoms. The summed E-state index contributed by atoms with van der Waals surface area (Å²) in [5.41, 5.74) is 5.51. The van der Waals surface area contributed by atoms with Crippen LogP contribution in [0.3, 0.4) is 0 Å². The zero-order valence-electron chi connectivity index (χ0n) is 13.7. The van der Waals surface area contributed by atoms with Gasteiger partial charge in [-0.15, -0.1) is 24.0 Å². The zero-order valence-corrected chi connectivity index (χ0v) is 16.0. The van der Waals surface area contributed by atoms with Crippen molar-refractivity contribution in [3.05, 3.63) is 70.8 Å². The van der Waals surface area contributed by atoms with E-state index in [0.717, 1.165) is 25.5 Å². The predicted molar refractivity (Wildman–Crippen MR) is 108 cm³/mol. The third kappa shape index (κ3) is 4.47. The molecule has 0 spiro atoms. The maximum absolute atomic E-state index is 4.30. The maximum Gasteiger partial charge on any atom is 0.191 e. The smallest absolute Gasteiger partial charge is 0.191 e. The molecule has 2 N–H and O–H groups in total. The topological polar surface area (TPSA) is 36.4 Å². The van der Waals surface area contributed by atoms with Crippen molar-refractivity contribution in [2.24, 2.45) is 4.99 Å². The Morgan fingerprint density at radius 3 is 2.52 bits per heavy atom. The molecule has 3 nitrogen and oxygen atoms in total. The highest BCUT2D eigenvalue weighted by atomic mass is 127. The number of benzene rings is 2. The Labute approximate surface area is 155 Å². The molecular weight excluding hydrogens is 397 g/mol. The summed E-state index contributed by atoms with van der Waals surface area (Å²) in [6.07, 6.45) is 1.16. The number of nitrogens with zero attached hydrogens (tertiary/aromatic N) is 1. The third-order valence-electron chi connectivity index (χ3n) is 4.28. The summed E-state index contributed by atoms with van der Waals surface area (Å²) >= 11 is 0. The quantitative estimate of drug-likeness (QED) is 0.450. The first-order chi connectivity index (χ1) is 10.8. The van der Waals surface area contributed by atoms with Gasteiger partial charge in [0.2, 0.25) is 0 Å². The standard InChI is InChI=1S/C19H23N3.HI/c1-14-7-9-15(10-8-14)12-21-19(20-2)22-13-17-11-16-5-3-4-6-18(16)17;/h3-10,17H,11-13H2,1-2H3,(H2,20,21,22);1H. The summed E-state index contributed by atoms with van der Waals surface area (Å²) in [6, 6.07) is 17.3. The number of aryl methyl sites for hydroxylation is 1. The van der Waals surface area contributed by atoms with Gasteiger partial charge in [0.25, 0.3) is 0 Å². The van der Waals surface area contributed by atoms with Gasteiger partial charge in [0, 0.05) is 26.1 Å². The van der Waals surface area contributed by atoms with Crippen LogP contribution >= 0.6 is 24.0 Å². The van der Waals surface area contributed by atoms with Crippen LogP contribution in [0.15, 0.2) is 53.5 Å². The SMILES string of the molecule is CN=C(NCc1ccc(C)cc1)NCC1Cc2ccccc21.I. The molecule has 2 aromatic carbocycles. The summed E-state index contributed by atoms with van der Waals surface area (Å²) in [4.78, 5) is 4.30. The molecular formula is C19H24IN3. The number of rotatable bonds is 4. The molecule has 0 fully saturated rings. The lowest BCUT2D eigenvalue weighted by Crippen LogP contribution is -2.40. The van der Waals surface area contributed by atoms with Crippen molar-refractivity contribution in [3.8, 4) is 0 Å². The predicted octanol–water partition coefficient (Wildman–Crippen LogP) is 3.62. The Balaban J connectivity index is 0.00000192. The van der Waals surface area contributed by atoms with E-state index in [1.807, 2.05) is 7.05 Å². The molecule has 1 unspecified atom stereocenters. The number of fused-ring (bicyclic) bond motifs is 1. The van der Waals surface area contributed by atoms with Crippen molar-refractivity contribution in [2.75, 3.05) is 13.6 Å². The molecule has 0 aromatic heterocycles. The van der Waals surface area contributed by atoms with Gasteiger partial charge in [-0.1, -0.05) is 54.1 Å². The highest BCUT2D eigenvalue weighted by Crippen LogP contribution is 2.33. The van der Waals surface area contributed by atoms with E-state index in [-0.39, 0.29) is 24.0 Å². The van der Waals surface area contributed by atoms with E-state index in [9.17, 15) is 0 Å². The average molecular weight is 421 g/mol. The molecule has 1 aliphatic carbocycles. The minimum Gasteiger partial charge on any atom is -0.356 e. The van der Waals surface area contributed by atoms with E-state index >= 15 is 0 Å². The molecule has 0 saturated carbocycles. The summed E-state index contributed by atoms with van der Waals surface area (Å²) in [5, 5.41) is 6.80. The molecule has 23 heavy (non-hydrogen) atoms. The highest BCUT2D eigenvalue weighted by molar-refractivity contribution is 14.0. The molecule has 122 valence electrons. The first-order valence-electron chi connectivity index (χ1n) is 7.84. The lowest BCUT2D eigenvalue weighted by molar-refractivity contribution is 0.584. The molecule has 1 atom stereocenters. The molecule has 0 aliphatic heterocycles. The highest BCUT2D eigenvalue weighted by Gasteiger charge is 2.25. The lowest BCUT2D eigenvalue weighted by atomic mass is 9.78. The van der Waals surface area contributed by atoms with E-state index in [1.54, 1.807) is 0 Å². The van der Waals surface area contributed by atoms with Crippen LogP contribution in [-0.2, 0) is 13.0 Å². The van der Waals surface area contributed by atoms with Gasteiger partial charge in [-0.25, -0.2) is 0 Å². The summed E-state index contributed by atoms with van der Waals surface area (Å²) in [7, 11) is 1.82. The van der Waals surface area contributed by atoms with Crippen molar-refractivity contribution in [3.63, 3.8) is 0 Å². The van der Waals surface area contributed by atoms with Gasteiger partial charge in [0.05, 0.1) is 0 Å². The van der Waals surface area contributed by atoms with Crippen molar-refractivity contribution in [1.82, 2.24) is 10.6 Å². The van der Waals surface area contributed by atoms with Crippen LogP contribution in [0.2, 0.25) is 0 Å². The molecule has 0 amide bonds. The number of guanidine groups is 1. The van der Waals surface area contributed by atoms with E-state index in [4.69, 9.17) is 0 Å². The number of nitrogens with one attached hydrogen (secondary N) is 2. The molecule has 0 heterocycles. The van der Waals surface area contributed by atoms with Gasteiger partial charge in [0.1, 0.15) is 0 Å². The van der Waals surface area contributed by atoms with Gasteiger partial charge in [-0.2, -0.15) is 0 Å². The largest absolute Gasteiger partial charge is 0.356 e. The second-order valence-corrected chi connectivity index (χ2v) is 5.89. The van der Waals surface area contributed by atoms with E-state index in [0.29, 0.717) is 5.92 Å². The fourth-order valence-electron chi connectivity index (χ4n) is 2.88. The van der Waals surface area contributed by atoms with Crippen molar-refractivity contribution >= 4 is 29.9 Å². The van der Waals surface area contributed by atoms with Gasteiger partial charge < -0.3 is 10.6 Å². The Hall–Kier alpha value is -1.56. The van der Waals surface area contributed by atoms with Crippen molar-refractivity contribution < 1.29 is 0 Å². The van der Waals surface area contributed by atoms with Gasteiger partial charge in [0.15, 0.2) is 5.96 Å². The zero-order chi connectivity index (χ0) is 15.4. The van der Waals surface area contributed by atoms with Crippen LogP contribution in [0, 0.1) is 6.92 Å². The average Bonchev–Trinajstić information content (AvgIpc) is 2.53. The molecule has 4 heteroatoms. The lowest BCUT2D eigenvalue weighted by Gasteiger charge is -2.30. The fourth-order valence-corrected chi connectivity index (χ4v) is 2.88. The fraction of sp³-hybridized carbons (Fsp3) is 0.316. The van der Waals surface area contributed by atoms with Crippen LogP contribution in [0.1, 0.15) is 28.2 Å². The monoisotopic (exact) mass is 421 g/mol. The first kappa shape index (κ1) is 17.8. The van der Waals surface area contributed by atoms with E-state index < -0.39 is 0 Å². The van der Waals surface area contributed by atoms with Crippen molar-refractivity contribution in [1.29, 1.82) is 0 Å². The van der Waals surface area contributed by atoms with Gasteiger partial charge in [-0.05, 0) is 30.0 Å². The molecule has 0 radical (unpaired) electrons. The second-order valence-electron chi connectivity index (χ2n) is 5.89. The summed E-state index contributed by atoms with van der Waals surface area (Å²) in [5.74, 6) is 1.47. The summed E-state index contributed by atoms with van der Waals surface area (Å²) in [6.45, 7) is 3.83. The van der Waals surface area contributed by atoms with Gasteiger partial charge >= 0.3 is 0 Å². The molecule has 0 saturated heterocycles. The molecule has 1 aliphatic rings. The minimum atomic E-state index is 0. The van der Waals surface area contributed by atoms with Crippen LogP contribution in [0.25, 0.3) is 0 Å². The normalized spacial score (nSPS) is 15.9. The van der Waals surface area contributed by atoms with Crippen LogP contribution in [0.4, 0.5) is 0 Å². The minimum absolute atomic E-state index is 0. The van der Waals surface area contributed by atoms with Crippen LogP contribution < -0.4 is 10.6 Å². The Morgan fingerprint density at radius 1 is 1.09 bits per heavy atom. The van der Waals surface area contributed by atoms with Crippen molar-refractivity contribution in [2.45, 2.75) is 25.8 Å². The number of hydrogen-bond acceptors (Lipinski definition) is 1. The number of aliphatic imine (C=N–C) groups is 1.